The molecule has 4 N–H and O–H groups in total. The minimum atomic E-state index is -0.312. The molecule has 0 aromatic heterocycles. The molecule has 0 saturated heterocycles. The maximum atomic E-state index is 12.0. The van der Waals surface area contributed by atoms with Crippen LogP contribution in [-0.2, 0) is 11.2 Å². The van der Waals surface area contributed by atoms with E-state index < -0.39 is 0 Å². The summed E-state index contributed by atoms with van der Waals surface area (Å²) in [4.78, 5) is 12.0. The number of amides is 1. The van der Waals surface area contributed by atoms with Crippen LogP contribution in [0.4, 0.5) is 5.69 Å². The number of rotatable bonds is 4. The third-order valence-corrected chi connectivity index (χ3v) is 4.31. The second-order valence-electron chi connectivity index (χ2n) is 6.11. The van der Waals surface area contributed by atoms with Crippen LogP contribution in [0.3, 0.4) is 0 Å². The van der Waals surface area contributed by atoms with Gasteiger partial charge >= 0.3 is 0 Å². The van der Waals surface area contributed by atoms with Crippen molar-refractivity contribution in [2.75, 3.05) is 12.3 Å². The Bertz CT molecular complexity index is 458. The first-order chi connectivity index (χ1) is 9.49. The van der Waals surface area contributed by atoms with Gasteiger partial charge in [0, 0.05) is 17.6 Å². The van der Waals surface area contributed by atoms with Crippen molar-refractivity contribution in [3.63, 3.8) is 0 Å². The van der Waals surface area contributed by atoms with Gasteiger partial charge in [-0.15, -0.1) is 0 Å². The molecule has 0 radical (unpaired) electrons. The molecular weight excluding hydrogens is 252 g/mol. The number of hydrogen-bond donors (Lipinski definition) is 3. The fourth-order valence-corrected chi connectivity index (χ4v) is 2.77. The van der Waals surface area contributed by atoms with E-state index in [1.807, 2.05) is 12.1 Å². The van der Waals surface area contributed by atoms with Crippen molar-refractivity contribution in [3.8, 4) is 0 Å². The Kier molecular flexibility index (Phi) is 4.65. The molecule has 1 aromatic rings. The van der Waals surface area contributed by atoms with Gasteiger partial charge in [-0.05, 0) is 30.5 Å². The SMILES string of the molecule is CC1(CNC(=O)Cc2ccc(N)cc2)CCCCC1O. The lowest BCUT2D eigenvalue weighted by atomic mass is 9.73. The topological polar surface area (TPSA) is 75.4 Å². The van der Waals surface area contributed by atoms with E-state index in [0.29, 0.717) is 18.7 Å². The lowest BCUT2D eigenvalue weighted by molar-refractivity contribution is -0.121. The first-order valence-electron chi connectivity index (χ1n) is 7.29. The molecule has 20 heavy (non-hydrogen) atoms. The van der Waals surface area contributed by atoms with Crippen molar-refractivity contribution in [1.29, 1.82) is 0 Å². The fraction of sp³-hybridized carbons (Fsp3) is 0.562. The van der Waals surface area contributed by atoms with Crippen molar-refractivity contribution in [2.45, 2.75) is 45.1 Å². The van der Waals surface area contributed by atoms with Crippen LogP contribution in [0, 0.1) is 5.41 Å². The van der Waals surface area contributed by atoms with E-state index >= 15 is 0 Å². The molecule has 2 rings (SSSR count). The standard InChI is InChI=1S/C16H24N2O2/c1-16(9-3-2-4-14(16)19)11-18-15(20)10-12-5-7-13(17)8-6-12/h5-8,14,19H,2-4,9-11,17H2,1H3,(H,18,20). The molecule has 4 heteroatoms. The Morgan fingerprint density at radius 2 is 2.10 bits per heavy atom. The fourth-order valence-electron chi connectivity index (χ4n) is 2.77. The average Bonchev–Trinajstić information content (AvgIpc) is 2.43. The van der Waals surface area contributed by atoms with Crippen molar-refractivity contribution in [3.05, 3.63) is 29.8 Å². The van der Waals surface area contributed by atoms with Crippen LogP contribution >= 0.6 is 0 Å². The predicted molar refractivity (Wildman–Crippen MR) is 80.1 cm³/mol. The van der Waals surface area contributed by atoms with E-state index in [2.05, 4.69) is 12.2 Å². The van der Waals surface area contributed by atoms with Gasteiger partial charge < -0.3 is 16.2 Å². The Balaban J connectivity index is 1.84. The second-order valence-corrected chi connectivity index (χ2v) is 6.11. The van der Waals surface area contributed by atoms with Crippen LogP contribution in [-0.4, -0.2) is 23.7 Å². The quantitative estimate of drug-likeness (QED) is 0.735. The minimum Gasteiger partial charge on any atom is -0.399 e. The molecule has 1 aliphatic rings. The number of nitrogen functional groups attached to an aromatic ring is 1. The molecule has 1 saturated carbocycles. The molecule has 1 fully saturated rings. The molecule has 1 amide bonds. The van der Waals surface area contributed by atoms with Crippen molar-refractivity contribution in [1.82, 2.24) is 5.32 Å². The molecule has 0 spiro atoms. The first kappa shape index (κ1) is 14.9. The van der Waals surface area contributed by atoms with Crippen LogP contribution in [0.25, 0.3) is 0 Å². The van der Waals surface area contributed by atoms with Gasteiger partial charge in [-0.25, -0.2) is 0 Å². The number of carbonyl (C=O) groups excluding carboxylic acids is 1. The number of aliphatic hydroxyl groups is 1. The van der Waals surface area contributed by atoms with E-state index in [0.717, 1.165) is 31.2 Å². The number of benzene rings is 1. The van der Waals surface area contributed by atoms with E-state index in [1.54, 1.807) is 12.1 Å². The van der Waals surface area contributed by atoms with Gasteiger partial charge in [-0.2, -0.15) is 0 Å². The van der Waals surface area contributed by atoms with Gasteiger partial charge in [-0.1, -0.05) is 31.9 Å². The molecule has 2 unspecified atom stereocenters. The summed E-state index contributed by atoms with van der Waals surface area (Å²) in [5.41, 5.74) is 7.08. The number of anilines is 1. The molecule has 0 bridgehead atoms. The van der Waals surface area contributed by atoms with Gasteiger partial charge in [0.15, 0.2) is 0 Å². The molecule has 0 heterocycles. The summed E-state index contributed by atoms with van der Waals surface area (Å²) in [6.07, 6.45) is 4.05. The third kappa shape index (κ3) is 3.73. The summed E-state index contributed by atoms with van der Waals surface area (Å²) in [5.74, 6) is -0.00577. The molecule has 0 aliphatic heterocycles. The van der Waals surface area contributed by atoms with Gasteiger partial charge in [0.25, 0.3) is 0 Å². The van der Waals surface area contributed by atoms with Crippen LogP contribution in [0.2, 0.25) is 0 Å². The zero-order chi connectivity index (χ0) is 14.6. The van der Waals surface area contributed by atoms with Gasteiger partial charge in [0.1, 0.15) is 0 Å². The Labute approximate surface area is 120 Å². The van der Waals surface area contributed by atoms with Crippen LogP contribution in [0.15, 0.2) is 24.3 Å². The Morgan fingerprint density at radius 1 is 1.40 bits per heavy atom. The first-order valence-corrected chi connectivity index (χ1v) is 7.29. The normalized spacial score (nSPS) is 26.2. The summed E-state index contributed by atoms with van der Waals surface area (Å²) >= 11 is 0. The summed E-state index contributed by atoms with van der Waals surface area (Å²) in [6, 6.07) is 7.34. The molecule has 1 aliphatic carbocycles. The maximum absolute atomic E-state index is 12.0. The highest BCUT2D eigenvalue weighted by molar-refractivity contribution is 5.78. The summed E-state index contributed by atoms with van der Waals surface area (Å²) in [7, 11) is 0. The highest BCUT2D eigenvalue weighted by Gasteiger charge is 2.35. The van der Waals surface area contributed by atoms with Crippen LogP contribution in [0.1, 0.15) is 38.2 Å². The molecular formula is C16H24N2O2. The number of nitrogens with two attached hydrogens (primary N) is 1. The maximum Gasteiger partial charge on any atom is 0.224 e. The Hall–Kier alpha value is -1.55. The van der Waals surface area contributed by atoms with E-state index in [4.69, 9.17) is 5.73 Å². The summed E-state index contributed by atoms with van der Waals surface area (Å²) in [6.45, 7) is 2.60. The minimum absolute atomic E-state index is 0.00577. The largest absolute Gasteiger partial charge is 0.399 e. The third-order valence-electron chi connectivity index (χ3n) is 4.31. The number of nitrogens with one attached hydrogen (secondary N) is 1. The highest BCUT2D eigenvalue weighted by atomic mass is 16.3. The highest BCUT2D eigenvalue weighted by Crippen LogP contribution is 2.35. The average molecular weight is 276 g/mol. The van der Waals surface area contributed by atoms with Crippen LogP contribution in [0.5, 0.6) is 0 Å². The van der Waals surface area contributed by atoms with Crippen molar-refractivity contribution in [2.24, 2.45) is 5.41 Å². The summed E-state index contributed by atoms with van der Waals surface area (Å²) in [5, 5.41) is 13.1. The molecule has 2 atom stereocenters. The van der Waals surface area contributed by atoms with Crippen LogP contribution < -0.4 is 11.1 Å². The number of aliphatic hydroxyl groups excluding tert-OH is 1. The van der Waals surface area contributed by atoms with E-state index in [9.17, 15) is 9.90 Å². The number of hydrogen-bond acceptors (Lipinski definition) is 3. The van der Waals surface area contributed by atoms with Crippen molar-refractivity contribution < 1.29 is 9.90 Å². The van der Waals surface area contributed by atoms with Gasteiger partial charge in [-0.3, -0.25) is 4.79 Å². The molecule has 110 valence electrons. The smallest absolute Gasteiger partial charge is 0.224 e. The zero-order valence-corrected chi connectivity index (χ0v) is 12.1. The monoisotopic (exact) mass is 276 g/mol. The lowest BCUT2D eigenvalue weighted by Crippen LogP contribution is -2.45. The summed E-state index contributed by atoms with van der Waals surface area (Å²) < 4.78 is 0. The lowest BCUT2D eigenvalue weighted by Gasteiger charge is -2.38. The number of carbonyl (C=O) groups is 1. The van der Waals surface area contributed by atoms with E-state index in [-0.39, 0.29) is 17.4 Å². The zero-order valence-electron chi connectivity index (χ0n) is 12.1. The predicted octanol–water partition coefficient (Wildman–Crippen LogP) is 1.87. The Morgan fingerprint density at radius 3 is 2.75 bits per heavy atom. The molecule has 1 aromatic carbocycles. The van der Waals surface area contributed by atoms with Gasteiger partial charge in [0.05, 0.1) is 12.5 Å². The van der Waals surface area contributed by atoms with Crippen molar-refractivity contribution >= 4 is 11.6 Å². The van der Waals surface area contributed by atoms with Gasteiger partial charge in [0.2, 0.25) is 5.91 Å². The second kappa shape index (κ2) is 6.27. The van der Waals surface area contributed by atoms with E-state index in [1.165, 1.54) is 0 Å². The molecule has 4 nitrogen and oxygen atoms in total.